The number of imidazole rings is 1. The highest BCUT2D eigenvalue weighted by molar-refractivity contribution is 7.48. The maximum atomic E-state index is 14.2. The van der Waals surface area contributed by atoms with Crippen molar-refractivity contribution in [3.05, 3.63) is 18.3 Å². The fourth-order valence-corrected chi connectivity index (χ4v) is 17.1. The normalized spacial score (nSPS) is 29.6. The summed E-state index contributed by atoms with van der Waals surface area (Å²) >= 11 is 0. The van der Waals surface area contributed by atoms with Crippen molar-refractivity contribution >= 4 is 56.2 Å². The number of nitrogens with zero attached hydrogens (tertiary/aromatic N) is 4. The molecule has 13 unspecified atom stereocenters. The summed E-state index contributed by atoms with van der Waals surface area (Å²) in [6.07, 6.45) is -9.95. The van der Waals surface area contributed by atoms with Crippen molar-refractivity contribution in [1.82, 2.24) is 24.8 Å². The number of amides is 1. The second-order valence-electron chi connectivity index (χ2n) is 29.5. The Morgan fingerprint density at radius 1 is 0.483 bits per heavy atom. The average molecular weight is 1810 g/mol. The largest absolute Gasteiger partial charge is 0.472 e. The second kappa shape index (κ2) is 52.8. The molecule has 2 aromatic rings. The Morgan fingerprint density at radius 2 is 0.873 bits per heavy atom. The number of fused-ring (bicyclic) bond motifs is 1. The van der Waals surface area contributed by atoms with Gasteiger partial charge in [-0.15, -0.1) is 0 Å². The number of aromatic nitrogens is 4. The lowest BCUT2D eigenvalue weighted by Crippen LogP contribution is -2.64. The molecule has 0 bridgehead atoms. The number of hydrogen-bond donors (Lipinski definition) is 15. The molecule has 6 rings (SSSR count). The number of aryl methyl sites for hydroxylation is 1. The summed E-state index contributed by atoms with van der Waals surface area (Å²) in [5, 5.41) is 92.8. The number of aliphatic hydroxyl groups excluding tert-OH is 9. The van der Waals surface area contributed by atoms with Crippen LogP contribution in [0.5, 0.6) is 0 Å². The number of phosphoric acid groups is 5. The predicted molar refractivity (Wildman–Crippen MR) is 408 cm³/mol. The summed E-state index contributed by atoms with van der Waals surface area (Å²) in [5.41, 5.74) is -0.342. The number of aliphatic hydroxyl groups is 9. The number of carbonyl (C=O) groups is 1. The maximum absolute atomic E-state index is 14.2. The van der Waals surface area contributed by atoms with Crippen LogP contribution in [0.2, 0.25) is 0 Å². The van der Waals surface area contributed by atoms with Gasteiger partial charge in [-0.1, -0.05) is 52.4 Å². The number of phosphoric ester groups is 5. The third-order valence-electron chi connectivity index (χ3n) is 19.2. The Hall–Kier alpha value is -2.19. The molecule has 50 heteroatoms. The van der Waals surface area contributed by atoms with Gasteiger partial charge in [0.1, 0.15) is 79.0 Å². The molecular formula is C68H126N5O40P5. The van der Waals surface area contributed by atoms with E-state index in [1.54, 1.807) is 20.8 Å². The number of hydrogen-bond acceptors (Lipinski definition) is 38. The highest BCUT2D eigenvalue weighted by Crippen LogP contribution is 2.52. The number of rotatable bonds is 63. The van der Waals surface area contributed by atoms with E-state index in [1.807, 2.05) is 0 Å². The molecule has 0 aromatic carbocycles. The molecule has 2 aromatic heterocycles. The molecule has 1 amide bonds. The van der Waals surface area contributed by atoms with E-state index >= 15 is 0 Å². The maximum Gasteiger partial charge on any atom is 0.472 e. The number of nitrogens with one attached hydrogen (secondary N) is 1. The van der Waals surface area contributed by atoms with Gasteiger partial charge in [-0.05, 0) is 78.6 Å². The first-order valence-electron chi connectivity index (χ1n) is 39.6. The van der Waals surface area contributed by atoms with Crippen LogP contribution in [0.15, 0.2) is 12.7 Å². The molecule has 0 saturated carbocycles. The van der Waals surface area contributed by atoms with Crippen LogP contribution in [0.3, 0.4) is 0 Å². The van der Waals surface area contributed by atoms with Gasteiger partial charge < -0.3 is 123 Å². The third-order valence-corrected chi connectivity index (χ3v) is 24.4. The zero-order chi connectivity index (χ0) is 86.7. The molecule has 4 aliphatic heterocycles. The molecule has 0 radical (unpaired) electrons. The summed E-state index contributed by atoms with van der Waals surface area (Å²) in [6.45, 7) is 2.96. The minimum atomic E-state index is -5.27. The van der Waals surface area contributed by atoms with Gasteiger partial charge in [-0.3, -0.25) is 54.6 Å². The average Bonchev–Trinajstić information content (AvgIpc) is 1.61. The van der Waals surface area contributed by atoms with Crippen molar-refractivity contribution in [1.29, 1.82) is 0 Å². The Balaban J connectivity index is 1.06. The number of carbonyl (C=O) groups excluding carboxylic acids is 1. The van der Waals surface area contributed by atoms with Crippen molar-refractivity contribution in [3.63, 3.8) is 0 Å². The van der Waals surface area contributed by atoms with Gasteiger partial charge in [0, 0.05) is 64.8 Å². The van der Waals surface area contributed by atoms with Gasteiger partial charge in [0.15, 0.2) is 24.5 Å². The second-order valence-corrected chi connectivity index (χ2v) is 36.7. The van der Waals surface area contributed by atoms with Gasteiger partial charge in [0.05, 0.1) is 128 Å². The van der Waals surface area contributed by atoms with Gasteiger partial charge in [0.25, 0.3) is 0 Å². The molecule has 6 heterocycles. The lowest BCUT2D eigenvalue weighted by molar-refractivity contribution is -0.282. The molecule has 4 fully saturated rings. The Bertz CT molecular complexity index is 3340. The fourth-order valence-electron chi connectivity index (χ4n) is 12.7. The van der Waals surface area contributed by atoms with Crippen LogP contribution in [0, 0.1) is 24.2 Å². The monoisotopic (exact) mass is 1810 g/mol. The summed E-state index contributed by atoms with van der Waals surface area (Å²) in [6, 6.07) is -1.12. The first-order valence-corrected chi connectivity index (χ1v) is 47.1. The molecule has 23 atom stereocenters. The predicted octanol–water partition coefficient (Wildman–Crippen LogP) is 2.90. The summed E-state index contributed by atoms with van der Waals surface area (Å²) in [4.78, 5) is 78.5. The zero-order valence-electron chi connectivity index (χ0n) is 67.5. The Labute approximate surface area is 685 Å². The minimum Gasteiger partial charge on any atom is -0.394 e. The van der Waals surface area contributed by atoms with Crippen molar-refractivity contribution in [2.75, 3.05) is 132 Å². The molecule has 0 aliphatic carbocycles. The molecule has 45 nitrogen and oxygen atoms in total. The molecule has 4 saturated heterocycles. The van der Waals surface area contributed by atoms with Crippen LogP contribution in [-0.2, 0) is 120 Å². The summed E-state index contributed by atoms with van der Waals surface area (Å²) in [7, 11) is -23.9. The van der Waals surface area contributed by atoms with Crippen molar-refractivity contribution < 1.29 is 191 Å². The Morgan fingerprint density at radius 3 is 1.29 bits per heavy atom. The zero-order valence-corrected chi connectivity index (χ0v) is 72.0. The lowest BCUT2D eigenvalue weighted by Gasteiger charge is -2.42. The van der Waals surface area contributed by atoms with Crippen molar-refractivity contribution in [3.8, 4) is 0 Å². The van der Waals surface area contributed by atoms with E-state index < -0.39 is 226 Å². The van der Waals surface area contributed by atoms with Crippen LogP contribution >= 0.6 is 39.1 Å². The highest BCUT2D eigenvalue weighted by Gasteiger charge is 2.48. The van der Waals surface area contributed by atoms with E-state index in [-0.39, 0.29) is 98.4 Å². The van der Waals surface area contributed by atoms with Gasteiger partial charge >= 0.3 is 39.1 Å². The van der Waals surface area contributed by atoms with Crippen LogP contribution in [0.1, 0.15) is 149 Å². The van der Waals surface area contributed by atoms with Gasteiger partial charge in [-0.2, -0.15) is 0 Å². The van der Waals surface area contributed by atoms with Crippen molar-refractivity contribution in [2.24, 2.45) is 17.3 Å². The van der Waals surface area contributed by atoms with E-state index in [2.05, 4.69) is 20.3 Å². The fraction of sp³-hybridized carbons (Fsp3) is 0.912. The Kier molecular flexibility index (Phi) is 46.8. The van der Waals surface area contributed by atoms with Crippen molar-refractivity contribution in [2.45, 2.75) is 249 Å². The summed E-state index contributed by atoms with van der Waals surface area (Å²) < 4.78 is 179. The third kappa shape index (κ3) is 36.6. The van der Waals surface area contributed by atoms with E-state index in [0.29, 0.717) is 93.9 Å². The standard InChI is InChI=1S/C68H126N5O40P5/c1-45(2)112-118(92,93)113-50-34-55(73-44-71-56-48(5)69-43-70-64(56)73)108-54(50)38-106-117(90,91)107-42-68(39-94-22-19-31-103-114(84,85)100-28-16-10-7-13-25-97-65-46(3)58(78)60(80)51(35-74)109-65,40-95-23-20-32-104-115(86,87)101-29-17-11-8-14-26-98-66-47(4)59(79)61(81)52(36-75)110-66)41-96-24-21-33-105-116(88,89)102-30-18-12-9-15-27-99-67-57(72-49(6)77)63(83)62(82)53(37-76)111-67/h43-47,50-55,57-63,65-67,74-76,78-83H,7-42H2,1-6H3,(H,72,77)(H,84,85)(H,86,87)(H,88,89)(H,90,91)(H,92,93)/t46?,47?,50?,51?,52?,53?,54?,55-,57?,58-,59-,60+,61+,62+,63-,65-,66-,67-,68?/m1/s1. The quantitative estimate of drug-likeness (QED) is 0.0334. The van der Waals surface area contributed by atoms with E-state index in [0.717, 1.165) is 0 Å². The van der Waals surface area contributed by atoms with Gasteiger partial charge in [-0.25, -0.2) is 37.8 Å². The molecule has 118 heavy (non-hydrogen) atoms. The topological polar surface area (TPSA) is 626 Å². The minimum absolute atomic E-state index is 0.0406. The number of ether oxygens (including phenoxy) is 10. The smallest absolute Gasteiger partial charge is 0.394 e. The first-order chi connectivity index (χ1) is 55.9. The first kappa shape index (κ1) is 105. The highest BCUT2D eigenvalue weighted by atomic mass is 31.2. The summed E-state index contributed by atoms with van der Waals surface area (Å²) in [5.74, 6) is -1.64. The van der Waals surface area contributed by atoms with E-state index in [4.69, 9.17) is 92.6 Å². The van der Waals surface area contributed by atoms with E-state index in [9.17, 15) is 98.0 Å². The molecule has 15 N–H and O–H groups in total. The molecule has 0 spiro atoms. The van der Waals surface area contributed by atoms with Crippen LogP contribution in [0.25, 0.3) is 11.2 Å². The molecule has 688 valence electrons. The van der Waals surface area contributed by atoms with Gasteiger partial charge in [0.2, 0.25) is 5.91 Å². The number of unbranched alkanes of at least 4 members (excludes halogenated alkanes) is 9. The van der Waals surface area contributed by atoms with Crippen LogP contribution < -0.4 is 5.32 Å². The van der Waals surface area contributed by atoms with Crippen LogP contribution in [0.4, 0.5) is 0 Å². The lowest BCUT2D eigenvalue weighted by atomic mass is 9.92. The van der Waals surface area contributed by atoms with Crippen LogP contribution in [-0.4, -0.2) is 326 Å². The van der Waals surface area contributed by atoms with E-state index in [1.165, 1.54) is 38.0 Å². The SMILES string of the molecule is CC(=O)NC1[C@H](OCCCCCCOP(=O)(O)OCCCOCC(COCCCOP(=O)(O)OCCCCCCO[C@@H]2OC(CO)[C@H](O)[C@H](O)C2C)(COCCCOP(=O)(O)OCCCCCCO[C@@H]2OC(CO)[C@H](O)[C@H](O)C2C)COP(=O)(O)OCC2O[C@@H](n3cnc4c(C)ncnc43)CC2OP(=O)(O)OC(C)C)OC(CO)[C@H](O)[C@@H]1O. The molecular weight excluding hydrogens is 1680 g/mol. The molecule has 4 aliphatic rings.